The molecule has 104 valence electrons. The van der Waals surface area contributed by atoms with Gasteiger partial charge in [0.25, 0.3) is 0 Å². The number of Topliss-reactive ketones (excluding diaryl/α,β-unsaturated/α-hetero) is 1. The monoisotopic (exact) mass is 308 g/mol. The molecule has 0 fully saturated rings. The third-order valence-corrected chi connectivity index (χ3v) is 3.90. The fraction of sp³-hybridized carbons (Fsp3) is 0.188. The van der Waals surface area contributed by atoms with Gasteiger partial charge >= 0.3 is 0 Å². The summed E-state index contributed by atoms with van der Waals surface area (Å²) in [5.41, 5.74) is 2.28. The van der Waals surface area contributed by atoms with Crippen LogP contribution in [0.1, 0.15) is 21.5 Å². The zero-order valence-corrected chi connectivity index (χ0v) is 12.8. The first-order valence-electron chi connectivity index (χ1n) is 6.13. The Morgan fingerprint density at radius 2 is 1.95 bits per heavy atom. The van der Waals surface area contributed by atoms with Crippen LogP contribution in [0.25, 0.3) is 0 Å². The Morgan fingerprint density at radius 3 is 2.65 bits per heavy atom. The summed E-state index contributed by atoms with van der Waals surface area (Å²) in [4.78, 5) is 12.4. The van der Waals surface area contributed by atoms with Gasteiger partial charge in [0.15, 0.2) is 5.78 Å². The van der Waals surface area contributed by atoms with Gasteiger partial charge in [-0.1, -0.05) is 47.0 Å². The average molecular weight is 309 g/mol. The van der Waals surface area contributed by atoms with Crippen LogP contribution in [0.2, 0.25) is 10.0 Å². The van der Waals surface area contributed by atoms with Crippen molar-refractivity contribution in [2.45, 2.75) is 13.3 Å². The second-order valence-electron chi connectivity index (χ2n) is 4.52. The SMILES string of the molecule is COc1ccc(C)cc1C(=O)Cc1cccc(Cl)c1Cl. The van der Waals surface area contributed by atoms with Crippen LogP contribution in [-0.4, -0.2) is 12.9 Å². The molecule has 0 unspecified atom stereocenters. The quantitative estimate of drug-likeness (QED) is 0.763. The van der Waals surface area contributed by atoms with Crippen LogP contribution in [-0.2, 0) is 6.42 Å². The average Bonchev–Trinajstić information content (AvgIpc) is 2.43. The predicted molar refractivity (Wildman–Crippen MR) is 82.2 cm³/mol. The molecule has 0 spiro atoms. The Kier molecular flexibility index (Phi) is 4.69. The van der Waals surface area contributed by atoms with Crippen LogP contribution in [0.15, 0.2) is 36.4 Å². The minimum Gasteiger partial charge on any atom is -0.496 e. The summed E-state index contributed by atoms with van der Waals surface area (Å²) in [7, 11) is 1.55. The first-order valence-corrected chi connectivity index (χ1v) is 6.89. The molecule has 0 aromatic heterocycles. The second-order valence-corrected chi connectivity index (χ2v) is 5.30. The number of hydrogen-bond donors (Lipinski definition) is 0. The summed E-state index contributed by atoms with van der Waals surface area (Å²) >= 11 is 12.1. The van der Waals surface area contributed by atoms with Gasteiger partial charge in [0.05, 0.1) is 22.7 Å². The topological polar surface area (TPSA) is 26.3 Å². The Morgan fingerprint density at radius 1 is 1.20 bits per heavy atom. The number of aryl methyl sites for hydroxylation is 1. The number of ether oxygens (including phenoxy) is 1. The van der Waals surface area contributed by atoms with Crippen LogP contribution in [0.4, 0.5) is 0 Å². The van der Waals surface area contributed by atoms with Gasteiger partial charge in [-0.05, 0) is 30.7 Å². The molecule has 0 bridgehead atoms. The summed E-state index contributed by atoms with van der Waals surface area (Å²) in [6, 6.07) is 10.8. The van der Waals surface area contributed by atoms with E-state index in [2.05, 4.69) is 0 Å². The standard InChI is InChI=1S/C16H14Cl2O2/c1-10-6-7-15(20-2)12(8-10)14(19)9-11-4-3-5-13(17)16(11)18/h3-8H,9H2,1-2H3. The van der Waals surface area contributed by atoms with Crippen molar-refractivity contribution >= 4 is 29.0 Å². The molecule has 0 atom stereocenters. The lowest BCUT2D eigenvalue weighted by molar-refractivity contribution is 0.0990. The molecule has 0 saturated heterocycles. The number of carbonyl (C=O) groups is 1. The van der Waals surface area contributed by atoms with E-state index in [1.54, 1.807) is 31.4 Å². The summed E-state index contributed by atoms with van der Waals surface area (Å²) in [6.45, 7) is 1.93. The van der Waals surface area contributed by atoms with E-state index in [0.29, 0.717) is 26.9 Å². The Labute approximate surface area is 128 Å². The third-order valence-electron chi connectivity index (χ3n) is 3.04. The number of ketones is 1. The van der Waals surface area contributed by atoms with Crippen molar-refractivity contribution in [3.05, 3.63) is 63.1 Å². The maximum Gasteiger partial charge on any atom is 0.171 e. The number of methoxy groups -OCH3 is 1. The molecule has 2 nitrogen and oxygen atoms in total. The second kappa shape index (κ2) is 6.29. The lowest BCUT2D eigenvalue weighted by atomic mass is 10.0. The van der Waals surface area contributed by atoms with Crippen molar-refractivity contribution in [2.75, 3.05) is 7.11 Å². The van der Waals surface area contributed by atoms with E-state index in [0.717, 1.165) is 5.56 Å². The molecule has 4 heteroatoms. The molecule has 0 saturated carbocycles. The highest BCUT2D eigenvalue weighted by atomic mass is 35.5. The van der Waals surface area contributed by atoms with Gasteiger partial charge in [0, 0.05) is 6.42 Å². The Balaban J connectivity index is 2.33. The minimum atomic E-state index is -0.0466. The van der Waals surface area contributed by atoms with Gasteiger partial charge < -0.3 is 4.74 Å². The van der Waals surface area contributed by atoms with E-state index in [9.17, 15) is 4.79 Å². The first-order chi connectivity index (χ1) is 9.52. The van der Waals surface area contributed by atoms with Crippen LogP contribution < -0.4 is 4.74 Å². The summed E-state index contributed by atoms with van der Waals surface area (Å²) < 4.78 is 5.23. The summed E-state index contributed by atoms with van der Waals surface area (Å²) in [5, 5.41) is 0.877. The molecule has 0 N–H and O–H groups in total. The highest BCUT2D eigenvalue weighted by Crippen LogP contribution is 2.28. The van der Waals surface area contributed by atoms with Crippen LogP contribution in [0.5, 0.6) is 5.75 Å². The Bertz CT molecular complexity index is 651. The van der Waals surface area contributed by atoms with Crippen LogP contribution in [0.3, 0.4) is 0 Å². The number of benzene rings is 2. The van der Waals surface area contributed by atoms with Crippen molar-refractivity contribution in [1.29, 1.82) is 0 Å². The molecule has 0 radical (unpaired) electrons. The zero-order valence-electron chi connectivity index (χ0n) is 11.2. The molecule has 2 aromatic rings. The van der Waals surface area contributed by atoms with Crippen molar-refractivity contribution in [3.8, 4) is 5.75 Å². The summed E-state index contributed by atoms with van der Waals surface area (Å²) in [5.74, 6) is 0.522. The van der Waals surface area contributed by atoms with Gasteiger partial charge in [-0.2, -0.15) is 0 Å². The van der Waals surface area contributed by atoms with Gasteiger partial charge in [-0.3, -0.25) is 4.79 Å². The van der Waals surface area contributed by atoms with Gasteiger partial charge in [0.1, 0.15) is 5.75 Å². The number of halogens is 2. The molecule has 0 aliphatic heterocycles. The fourth-order valence-corrected chi connectivity index (χ4v) is 2.38. The molecule has 2 rings (SSSR count). The number of carbonyl (C=O) groups excluding carboxylic acids is 1. The van der Waals surface area contributed by atoms with Crippen molar-refractivity contribution in [1.82, 2.24) is 0 Å². The van der Waals surface area contributed by atoms with Crippen LogP contribution in [0, 0.1) is 6.92 Å². The Hall–Kier alpha value is -1.51. The van der Waals surface area contributed by atoms with Gasteiger partial charge in [-0.25, -0.2) is 0 Å². The van der Waals surface area contributed by atoms with E-state index in [1.807, 2.05) is 19.1 Å². The van der Waals surface area contributed by atoms with Crippen molar-refractivity contribution < 1.29 is 9.53 Å². The number of hydrogen-bond acceptors (Lipinski definition) is 2. The third kappa shape index (κ3) is 3.14. The van der Waals surface area contributed by atoms with Crippen LogP contribution >= 0.6 is 23.2 Å². The zero-order chi connectivity index (χ0) is 14.7. The maximum absolute atomic E-state index is 12.4. The van der Waals surface area contributed by atoms with E-state index in [-0.39, 0.29) is 12.2 Å². The van der Waals surface area contributed by atoms with Crippen molar-refractivity contribution in [2.24, 2.45) is 0 Å². The summed E-state index contributed by atoms with van der Waals surface area (Å²) in [6.07, 6.45) is 0.194. The molecular weight excluding hydrogens is 295 g/mol. The van der Waals surface area contributed by atoms with E-state index >= 15 is 0 Å². The molecular formula is C16H14Cl2O2. The minimum absolute atomic E-state index is 0.0466. The van der Waals surface area contributed by atoms with Gasteiger partial charge in [-0.15, -0.1) is 0 Å². The smallest absolute Gasteiger partial charge is 0.171 e. The fourth-order valence-electron chi connectivity index (χ4n) is 1.99. The highest BCUT2D eigenvalue weighted by Gasteiger charge is 2.15. The van der Waals surface area contributed by atoms with Gasteiger partial charge in [0.2, 0.25) is 0 Å². The highest BCUT2D eigenvalue weighted by molar-refractivity contribution is 6.42. The lowest BCUT2D eigenvalue weighted by Crippen LogP contribution is -2.06. The molecule has 20 heavy (non-hydrogen) atoms. The van der Waals surface area contributed by atoms with E-state index in [4.69, 9.17) is 27.9 Å². The maximum atomic E-state index is 12.4. The predicted octanol–water partition coefficient (Wildman–Crippen LogP) is 4.74. The van der Waals surface area contributed by atoms with E-state index in [1.165, 1.54) is 0 Å². The molecule has 0 amide bonds. The molecule has 0 aliphatic carbocycles. The normalized spacial score (nSPS) is 10.4. The molecule has 2 aromatic carbocycles. The molecule has 0 aliphatic rings. The van der Waals surface area contributed by atoms with Crippen molar-refractivity contribution in [3.63, 3.8) is 0 Å². The lowest BCUT2D eigenvalue weighted by Gasteiger charge is -2.10. The first kappa shape index (κ1) is 14.9. The van der Waals surface area contributed by atoms with E-state index < -0.39 is 0 Å². The number of rotatable bonds is 4. The molecule has 0 heterocycles. The largest absolute Gasteiger partial charge is 0.496 e.